The summed E-state index contributed by atoms with van der Waals surface area (Å²) in [5, 5.41) is 3.81. The van der Waals surface area contributed by atoms with E-state index in [2.05, 4.69) is 24.2 Å². The van der Waals surface area contributed by atoms with Gasteiger partial charge in [0.05, 0.1) is 0 Å². The van der Waals surface area contributed by atoms with Crippen molar-refractivity contribution in [3.63, 3.8) is 0 Å². The van der Waals surface area contributed by atoms with E-state index in [4.69, 9.17) is 4.74 Å². The van der Waals surface area contributed by atoms with Crippen LogP contribution in [0.25, 0.3) is 0 Å². The SMILES string of the molecule is CCCNC(CN(C)C1CCOCC1)C1CCCC1. The number of likely N-dealkylation sites (N-methyl/N-ethyl adjacent to an activating group) is 1. The molecule has 0 aromatic carbocycles. The van der Waals surface area contributed by atoms with E-state index < -0.39 is 0 Å². The van der Waals surface area contributed by atoms with E-state index in [0.29, 0.717) is 6.04 Å². The summed E-state index contributed by atoms with van der Waals surface area (Å²) in [5.41, 5.74) is 0. The highest BCUT2D eigenvalue weighted by atomic mass is 16.5. The molecule has 0 spiro atoms. The molecule has 1 aliphatic carbocycles. The molecule has 0 radical (unpaired) electrons. The van der Waals surface area contributed by atoms with Crippen LogP contribution in [0.3, 0.4) is 0 Å². The van der Waals surface area contributed by atoms with Crippen molar-refractivity contribution in [2.45, 2.75) is 64.0 Å². The van der Waals surface area contributed by atoms with Gasteiger partial charge in [0.15, 0.2) is 0 Å². The van der Waals surface area contributed by atoms with Gasteiger partial charge < -0.3 is 15.0 Å². The zero-order valence-electron chi connectivity index (χ0n) is 12.9. The predicted octanol–water partition coefficient (Wildman–Crippen LogP) is 2.66. The Labute approximate surface area is 119 Å². The van der Waals surface area contributed by atoms with Crippen molar-refractivity contribution < 1.29 is 4.74 Å². The van der Waals surface area contributed by atoms with E-state index in [9.17, 15) is 0 Å². The second-order valence-electron chi connectivity index (χ2n) is 6.39. The monoisotopic (exact) mass is 268 g/mol. The molecule has 1 N–H and O–H groups in total. The first kappa shape index (κ1) is 15.3. The Bertz CT molecular complexity index is 235. The molecule has 3 heteroatoms. The molecular formula is C16H32N2O. The van der Waals surface area contributed by atoms with Gasteiger partial charge in [-0.15, -0.1) is 0 Å². The third-order valence-corrected chi connectivity index (χ3v) is 4.92. The lowest BCUT2D eigenvalue weighted by Gasteiger charge is -2.36. The first-order valence-electron chi connectivity index (χ1n) is 8.32. The summed E-state index contributed by atoms with van der Waals surface area (Å²) < 4.78 is 5.48. The normalized spacial score (nSPS) is 24.2. The standard InChI is InChI=1S/C16H32N2O/c1-3-10-17-16(14-6-4-5-7-14)13-18(2)15-8-11-19-12-9-15/h14-17H,3-13H2,1-2H3. The third kappa shape index (κ3) is 4.73. The zero-order chi connectivity index (χ0) is 13.5. The van der Waals surface area contributed by atoms with Crippen molar-refractivity contribution in [1.82, 2.24) is 10.2 Å². The van der Waals surface area contributed by atoms with Crippen molar-refractivity contribution in [3.8, 4) is 0 Å². The zero-order valence-corrected chi connectivity index (χ0v) is 12.9. The van der Waals surface area contributed by atoms with Gasteiger partial charge in [-0.25, -0.2) is 0 Å². The van der Waals surface area contributed by atoms with Crippen LogP contribution in [-0.2, 0) is 4.74 Å². The van der Waals surface area contributed by atoms with Crippen molar-refractivity contribution in [2.75, 3.05) is 33.4 Å². The van der Waals surface area contributed by atoms with Crippen molar-refractivity contribution in [3.05, 3.63) is 0 Å². The second-order valence-corrected chi connectivity index (χ2v) is 6.39. The minimum Gasteiger partial charge on any atom is -0.381 e. The first-order valence-corrected chi connectivity index (χ1v) is 8.32. The Balaban J connectivity index is 1.82. The predicted molar refractivity (Wildman–Crippen MR) is 80.5 cm³/mol. The molecule has 2 aliphatic rings. The fourth-order valence-corrected chi connectivity index (χ4v) is 3.66. The second kappa shape index (κ2) is 8.23. The molecule has 1 unspecified atom stereocenters. The van der Waals surface area contributed by atoms with Gasteiger partial charge in [0.1, 0.15) is 0 Å². The van der Waals surface area contributed by atoms with Gasteiger partial charge in [0, 0.05) is 31.8 Å². The van der Waals surface area contributed by atoms with Crippen LogP contribution in [0.1, 0.15) is 51.9 Å². The van der Waals surface area contributed by atoms with Gasteiger partial charge in [0.25, 0.3) is 0 Å². The third-order valence-electron chi connectivity index (χ3n) is 4.92. The summed E-state index contributed by atoms with van der Waals surface area (Å²) in [6.07, 6.45) is 9.41. The molecule has 0 amide bonds. The summed E-state index contributed by atoms with van der Waals surface area (Å²) in [6, 6.07) is 1.44. The molecule has 1 heterocycles. The van der Waals surface area contributed by atoms with E-state index in [1.165, 1.54) is 58.0 Å². The Morgan fingerprint density at radius 1 is 1.16 bits per heavy atom. The van der Waals surface area contributed by atoms with Gasteiger partial charge >= 0.3 is 0 Å². The summed E-state index contributed by atoms with van der Waals surface area (Å²) >= 11 is 0. The quantitative estimate of drug-likeness (QED) is 0.768. The van der Waals surface area contributed by atoms with Gasteiger partial charge in [-0.3, -0.25) is 0 Å². The van der Waals surface area contributed by atoms with Gasteiger partial charge in [-0.05, 0) is 51.6 Å². The first-order chi connectivity index (χ1) is 9.31. The Hall–Kier alpha value is -0.120. The molecule has 2 fully saturated rings. The summed E-state index contributed by atoms with van der Waals surface area (Å²) in [7, 11) is 2.31. The largest absolute Gasteiger partial charge is 0.381 e. The van der Waals surface area contributed by atoms with Gasteiger partial charge in [-0.2, -0.15) is 0 Å². The van der Waals surface area contributed by atoms with Crippen LogP contribution in [0.5, 0.6) is 0 Å². The maximum Gasteiger partial charge on any atom is 0.0480 e. The van der Waals surface area contributed by atoms with E-state index in [1.54, 1.807) is 0 Å². The Morgan fingerprint density at radius 3 is 2.47 bits per heavy atom. The van der Waals surface area contributed by atoms with Crippen LogP contribution in [0.2, 0.25) is 0 Å². The molecular weight excluding hydrogens is 236 g/mol. The molecule has 19 heavy (non-hydrogen) atoms. The van der Waals surface area contributed by atoms with Crippen LogP contribution >= 0.6 is 0 Å². The van der Waals surface area contributed by atoms with Gasteiger partial charge in [0.2, 0.25) is 0 Å². The molecule has 112 valence electrons. The van der Waals surface area contributed by atoms with E-state index >= 15 is 0 Å². The highest BCUT2D eigenvalue weighted by Crippen LogP contribution is 2.28. The van der Waals surface area contributed by atoms with E-state index in [0.717, 1.165) is 25.2 Å². The lowest BCUT2D eigenvalue weighted by molar-refractivity contribution is 0.0378. The minimum absolute atomic E-state index is 0.704. The van der Waals surface area contributed by atoms with Crippen LogP contribution in [0.15, 0.2) is 0 Å². The summed E-state index contributed by atoms with van der Waals surface area (Å²) in [4.78, 5) is 2.59. The molecule has 1 saturated heterocycles. The fourth-order valence-electron chi connectivity index (χ4n) is 3.66. The summed E-state index contributed by atoms with van der Waals surface area (Å²) in [5.74, 6) is 0.911. The number of nitrogens with zero attached hydrogens (tertiary/aromatic N) is 1. The van der Waals surface area contributed by atoms with Crippen molar-refractivity contribution in [2.24, 2.45) is 5.92 Å². The lowest BCUT2D eigenvalue weighted by Crippen LogP contribution is -2.48. The van der Waals surface area contributed by atoms with Gasteiger partial charge in [-0.1, -0.05) is 19.8 Å². The Morgan fingerprint density at radius 2 is 1.84 bits per heavy atom. The maximum absolute atomic E-state index is 5.48. The number of hydrogen-bond donors (Lipinski definition) is 1. The molecule has 1 saturated carbocycles. The van der Waals surface area contributed by atoms with Crippen LogP contribution in [0.4, 0.5) is 0 Å². The maximum atomic E-state index is 5.48. The topological polar surface area (TPSA) is 24.5 Å². The minimum atomic E-state index is 0.704. The smallest absolute Gasteiger partial charge is 0.0480 e. The van der Waals surface area contributed by atoms with E-state index in [-0.39, 0.29) is 0 Å². The average molecular weight is 268 g/mol. The number of ether oxygens (including phenoxy) is 1. The molecule has 0 bridgehead atoms. The fraction of sp³-hybridized carbons (Fsp3) is 1.00. The number of hydrogen-bond acceptors (Lipinski definition) is 3. The van der Waals surface area contributed by atoms with Crippen LogP contribution in [0, 0.1) is 5.92 Å². The molecule has 0 aromatic rings. The highest BCUT2D eigenvalue weighted by Gasteiger charge is 2.27. The lowest BCUT2D eigenvalue weighted by atomic mass is 9.96. The number of nitrogens with one attached hydrogen (secondary N) is 1. The average Bonchev–Trinajstić information content (AvgIpc) is 2.98. The molecule has 2 rings (SSSR count). The van der Waals surface area contributed by atoms with Crippen LogP contribution < -0.4 is 5.32 Å². The Kier molecular flexibility index (Phi) is 6.62. The van der Waals surface area contributed by atoms with Crippen molar-refractivity contribution >= 4 is 0 Å². The highest BCUT2D eigenvalue weighted by molar-refractivity contribution is 4.85. The van der Waals surface area contributed by atoms with Crippen LogP contribution in [-0.4, -0.2) is 50.3 Å². The molecule has 0 aromatic heterocycles. The molecule has 1 atom stereocenters. The summed E-state index contributed by atoms with van der Waals surface area (Å²) in [6.45, 7) is 6.55. The number of rotatable bonds is 7. The molecule has 1 aliphatic heterocycles. The van der Waals surface area contributed by atoms with Crippen molar-refractivity contribution in [1.29, 1.82) is 0 Å². The molecule has 3 nitrogen and oxygen atoms in total. The van der Waals surface area contributed by atoms with E-state index in [1.807, 2.05) is 0 Å².